The maximum absolute atomic E-state index is 11.0. The summed E-state index contributed by atoms with van der Waals surface area (Å²) in [5, 5.41) is 7.24. The van der Waals surface area contributed by atoms with Crippen molar-refractivity contribution in [3.8, 4) is 0 Å². The Kier molecular flexibility index (Phi) is 3.85. The SMILES string of the molecule is CCC(NCc1cnn(C)c1C)C(N)=O. The van der Waals surface area contributed by atoms with Crippen LogP contribution in [-0.4, -0.2) is 21.7 Å². The topological polar surface area (TPSA) is 72.9 Å². The van der Waals surface area contributed by atoms with E-state index in [0.717, 1.165) is 11.3 Å². The van der Waals surface area contributed by atoms with Crippen LogP contribution in [0.1, 0.15) is 24.6 Å². The Morgan fingerprint density at radius 1 is 1.73 bits per heavy atom. The van der Waals surface area contributed by atoms with Gasteiger partial charge in [-0.15, -0.1) is 0 Å². The number of nitrogens with one attached hydrogen (secondary N) is 1. The Hall–Kier alpha value is -1.36. The fraction of sp³-hybridized carbons (Fsp3) is 0.600. The average molecular weight is 210 g/mol. The van der Waals surface area contributed by atoms with Gasteiger partial charge in [-0.2, -0.15) is 5.10 Å². The van der Waals surface area contributed by atoms with Crippen LogP contribution in [0.5, 0.6) is 0 Å². The number of primary amides is 1. The number of rotatable bonds is 5. The number of nitrogens with two attached hydrogens (primary N) is 1. The van der Waals surface area contributed by atoms with Gasteiger partial charge in [0.2, 0.25) is 5.91 Å². The molecule has 1 aromatic rings. The number of carbonyl (C=O) groups excluding carboxylic acids is 1. The predicted molar refractivity (Wildman–Crippen MR) is 58.1 cm³/mol. The van der Waals surface area contributed by atoms with Crippen LogP contribution < -0.4 is 11.1 Å². The van der Waals surface area contributed by atoms with Gasteiger partial charge in [0, 0.05) is 24.8 Å². The summed E-state index contributed by atoms with van der Waals surface area (Å²) in [6.07, 6.45) is 2.50. The standard InChI is InChI=1S/C10H18N4O/c1-4-9(10(11)15)12-5-8-6-13-14(3)7(8)2/h6,9,12H,4-5H2,1-3H3,(H2,11,15). The molecule has 0 aromatic carbocycles. The Bertz CT molecular complexity index is 345. The number of aromatic nitrogens is 2. The highest BCUT2D eigenvalue weighted by molar-refractivity contribution is 5.79. The summed E-state index contributed by atoms with van der Waals surface area (Å²) >= 11 is 0. The number of hydrogen-bond donors (Lipinski definition) is 2. The molecule has 0 aliphatic heterocycles. The highest BCUT2D eigenvalue weighted by atomic mass is 16.1. The Labute approximate surface area is 89.6 Å². The molecule has 0 spiro atoms. The zero-order valence-corrected chi connectivity index (χ0v) is 9.45. The normalized spacial score (nSPS) is 12.7. The summed E-state index contributed by atoms with van der Waals surface area (Å²) in [5.41, 5.74) is 7.43. The quantitative estimate of drug-likeness (QED) is 0.723. The maximum atomic E-state index is 11.0. The van der Waals surface area contributed by atoms with E-state index in [4.69, 9.17) is 5.73 Å². The molecule has 0 saturated heterocycles. The number of carbonyl (C=O) groups is 1. The molecule has 0 saturated carbocycles. The van der Waals surface area contributed by atoms with Gasteiger partial charge in [0.25, 0.3) is 0 Å². The second kappa shape index (κ2) is 4.93. The molecule has 5 heteroatoms. The number of nitrogens with zero attached hydrogens (tertiary/aromatic N) is 2. The fourth-order valence-corrected chi connectivity index (χ4v) is 1.40. The molecule has 1 heterocycles. The van der Waals surface area contributed by atoms with Crippen LogP contribution >= 0.6 is 0 Å². The Morgan fingerprint density at radius 2 is 2.40 bits per heavy atom. The Morgan fingerprint density at radius 3 is 2.80 bits per heavy atom. The summed E-state index contributed by atoms with van der Waals surface area (Å²) in [5.74, 6) is -0.306. The zero-order chi connectivity index (χ0) is 11.4. The van der Waals surface area contributed by atoms with Gasteiger partial charge in [0.1, 0.15) is 0 Å². The van der Waals surface area contributed by atoms with Gasteiger partial charge in [0.05, 0.1) is 12.2 Å². The first-order valence-electron chi connectivity index (χ1n) is 5.06. The molecule has 5 nitrogen and oxygen atoms in total. The van der Waals surface area contributed by atoms with E-state index in [1.54, 1.807) is 6.20 Å². The highest BCUT2D eigenvalue weighted by Crippen LogP contribution is 2.05. The van der Waals surface area contributed by atoms with Crippen molar-refractivity contribution < 1.29 is 4.79 Å². The largest absolute Gasteiger partial charge is 0.368 e. The lowest BCUT2D eigenvalue weighted by atomic mass is 10.2. The summed E-state index contributed by atoms with van der Waals surface area (Å²) in [6.45, 7) is 4.55. The van der Waals surface area contributed by atoms with Crippen LogP contribution in [0.25, 0.3) is 0 Å². The van der Waals surface area contributed by atoms with Gasteiger partial charge >= 0.3 is 0 Å². The lowest BCUT2D eigenvalue weighted by Gasteiger charge is -2.12. The van der Waals surface area contributed by atoms with Gasteiger partial charge in [0.15, 0.2) is 0 Å². The summed E-state index contributed by atoms with van der Waals surface area (Å²) in [4.78, 5) is 11.0. The molecular weight excluding hydrogens is 192 g/mol. The fourth-order valence-electron chi connectivity index (χ4n) is 1.40. The third kappa shape index (κ3) is 2.79. The van der Waals surface area contributed by atoms with E-state index in [1.165, 1.54) is 0 Å². The Balaban J connectivity index is 2.56. The van der Waals surface area contributed by atoms with E-state index >= 15 is 0 Å². The third-order valence-corrected chi connectivity index (χ3v) is 2.63. The van der Waals surface area contributed by atoms with Crippen LogP contribution in [-0.2, 0) is 18.4 Å². The third-order valence-electron chi connectivity index (χ3n) is 2.63. The average Bonchev–Trinajstić information content (AvgIpc) is 2.49. The summed E-state index contributed by atoms with van der Waals surface area (Å²) in [7, 11) is 1.89. The number of hydrogen-bond acceptors (Lipinski definition) is 3. The molecule has 84 valence electrons. The molecule has 0 aliphatic rings. The van der Waals surface area contributed by atoms with Gasteiger partial charge in [-0.05, 0) is 13.3 Å². The van der Waals surface area contributed by atoms with E-state index in [1.807, 2.05) is 25.6 Å². The highest BCUT2D eigenvalue weighted by Gasteiger charge is 2.12. The van der Waals surface area contributed by atoms with Crippen molar-refractivity contribution >= 4 is 5.91 Å². The molecule has 1 rings (SSSR count). The smallest absolute Gasteiger partial charge is 0.234 e. The van der Waals surface area contributed by atoms with Gasteiger partial charge < -0.3 is 11.1 Å². The molecule has 1 atom stereocenters. The molecule has 15 heavy (non-hydrogen) atoms. The van der Waals surface area contributed by atoms with Crippen molar-refractivity contribution in [2.24, 2.45) is 12.8 Å². The first-order chi connectivity index (χ1) is 7.06. The monoisotopic (exact) mass is 210 g/mol. The van der Waals surface area contributed by atoms with E-state index in [0.29, 0.717) is 13.0 Å². The van der Waals surface area contributed by atoms with E-state index in [9.17, 15) is 4.79 Å². The van der Waals surface area contributed by atoms with Crippen molar-refractivity contribution in [2.75, 3.05) is 0 Å². The number of aryl methyl sites for hydroxylation is 1. The minimum absolute atomic E-state index is 0.260. The van der Waals surface area contributed by atoms with E-state index in [2.05, 4.69) is 10.4 Å². The predicted octanol–water partition coefficient (Wildman–Crippen LogP) is 0.0820. The molecule has 3 N–H and O–H groups in total. The molecule has 0 aliphatic carbocycles. The zero-order valence-electron chi connectivity index (χ0n) is 9.45. The molecule has 1 amide bonds. The first kappa shape index (κ1) is 11.7. The van der Waals surface area contributed by atoms with Crippen LogP contribution in [0.4, 0.5) is 0 Å². The minimum atomic E-state index is -0.306. The summed E-state index contributed by atoms with van der Waals surface area (Å²) < 4.78 is 1.81. The number of amides is 1. The van der Waals surface area contributed by atoms with Gasteiger partial charge in [-0.1, -0.05) is 6.92 Å². The van der Waals surface area contributed by atoms with Gasteiger partial charge in [-0.3, -0.25) is 9.48 Å². The van der Waals surface area contributed by atoms with E-state index in [-0.39, 0.29) is 11.9 Å². The first-order valence-corrected chi connectivity index (χ1v) is 5.06. The van der Waals surface area contributed by atoms with Crippen LogP contribution in [0, 0.1) is 6.92 Å². The van der Waals surface area contributed by atoms with Crippen molar-refractivity contribution in [1.29, 1.82) is 0 Å². The molecule has 0 fully saturated rings. The molecule has 0 bridgehead atoms. The second-order valence-electron chi connectivity index (χ2n) is 3.62. The maximum Gasteiger partial charge on any atom is 0.234 e. The van der Waals surface area contributed by atoms with Gasteiger partial charge in [-0.25, -0.2) is 0 Å². The van der Waals surface area contributed by atoms with Crippen molar-refractivity contribution in [1.82, 2.24) is 15.1 Å². The molecule has 1 unspecified atom stereocenters. The van der Waals surface area contributed by atoms with Crippen molar-refractivity contribution in [3.05, 3.63) is 17.5 Å². The summed E-state index contributed by atoms with van der Waals surface area (Å²) in [6, 6.07) is -0.260. The molecular formula is C10H18N4O. The second-order valence-corrected chi connectivity index (χ2v) is 3.62. The van der Waals surface area contributed by atoms with Crippen LogP contribution in [0.15, 0.2) is 6.20 Å². The lowest BCUT2D eigenvalue weighted by Crippen LogP contribution is -2.40. The minimum Gasteiger partial charge on any atom is -0.368 e. The molecule has 0 radical (unpaired) electrons. The van der Waals surface area contributed by atoms with Crippen molar-refractivity contribution in [2.45, 2.75) is 32.9 Å². The van der Waals surface area contributed by atoms with E-state index < -0.39 is 0 Å². The van der Waals surface area contributed by atoms with Crippen LogP contribution in [0.3, 0.4) is 0 Å². The molecule has 1 aromatic heterocycles. The lowest BCUT2D eigenvalue weighted by molar-refractivity contribution is -0.120. The van der Waals surface area contributed by atoms with Crippen molar-refractivity contribution in [3.63, 3.8) is 0 Å². The van der Waals surface area contributed by atoms with Crippen LogP contribution in [0.2, 0.25) is 0 Å².